The lowest BCUT2D eigenvalue weighted by Gasteiger charge is -2.12. The highest BCUT2D eigenvalue weighted by molar-refractivity contribution is 9.10. The number of hydrogen-bond donors (Lipinski definition) is 1. The molecule has 1 N–H and O–H groups in total. The van der Waals surface area contributed by atoms with E-state index in [4.69, 9.17) is 0 Å². The van der Waals surface area contributed by atoms with Crippen LogP contribution >= 0.6 is 15.9 Å². The second-order valence-corrected chi connectivity index (χ2v) is 4.28. The maximum atomic E-state index is 12.8. The van der Waals surface area contributed by atoms with Gasteiger partial charge in [0.25, 0.3) is 0 Å². The first-order valence-electron chi connectivity index (χ1n) is 4.74. The molecule has 8 heteroatoms. The lowest BCUT2D eigenvalue weighted by atomic mass is 9.84. The van der Waals surface area contributed by atoms with E-state index in [9.17, 15) is 22.1 Å². The van der Waals surface area contributed by atoms with Crippen LogP contribution in [0.5, 0.6) is 0 Å². The number of halogens is 5. The fourth-order valence-corrected chi connectivity index (χ4v) is 1.47. The van der Waals surface area contributed by atoms with Crippen LogP contribution in [-0.4, -0.2) is 12.9 Å². The largest absolute Gasteiger partial charge is 0.478 e. The van der Waals surface area contributed by atoms with Crippen molar-refractivity contribution in [2.24, 2.45) is 0 Å². The average molecular weight is 313 g/mol. The minimum absolute atomic E-state index is 0.135. The first-order chi connectivity index (χ1) is 7.78. The van der Waals surface area contributed by atoms with Gasteiger partial charge in [-0.3, -0.25) is 4.79 Å². The van der Waals surface area contributed by atoms with Crippen LogP contribution < -0.4 is 5.32 Å². The standard InChI is InChI=1S/C9H8BBrF4NO/c11-7-5-6(1-2-8(7)12)16-9(17)3-4-10(13,14)15/h1-2,5H,3-4H2,(H,16,17)/q-1. The van der Waals surface area contributed by atoms with E-state index in [1.807, 2.05) is 0 Å². The van der Waals surface area contributed by atoms with E-state index >= 15 is 0 Å². The van der Waals surface area contributed by atoms with Crippen molar-refractivity contribution >= 4 is 34.5 Å². The van der Waals surface area contributed by atoms with Gasteiger partial charge in [-0.05, 0) is 34.1 Å². The summed E-state index contributed by atoms with van der Waals surface area (Å²) in [7, 11) is 0. The lowest BCUT2D eigenvalue weighted by molar-refractivity contribution is -0.116. The Kier molecular flexibility index (Phi) is 4.56. The van der Waals surface area contributed by atoms with Gasteiger partial charge >= 0.3 is 6.98 Å². The molecular weight excluding hydrogens is 305 g/mol. The maximum Gasteiger partial charge on any atom is 0.478 e. The van der Waals surface area contributed by atoms with Crippen molar-refractivity contribution in [3.63, 3.8) is 0 Å². The summed E-state index contributed by atoms with van der Waals surface area (Å²) in [6, 6.07) is 3.66. The van der Waals surface area contributed by atoms with E-state index in [1.165, 1.54) is 12.1 Å². The molecule has 0 saturated heterocycles. The number of amides is 1. The van der Waals surface area contributed by atoms with Crippen molar-refractivity contribution in [3.05, 3.63) is 28.5 Å². The summed E-state index contributed by atoms with van der Waals surface area (Å²) in [4.78, 5) is 11.1. The number of carbonyl (C=O) groups excluding carboxylic acids is 1. The predicted molar refractivity (Wildman–Crippen MR) is 61.2 cm³/mol. The van der Waals surface area contributed by atoms with Gasteiger partial charge in [-0.1, -0.05) is 6.32 Å². The van der Waals surface area contributed by atoms with E-state index in [0.29, 0.717) is 0 Å². The van der Waals surface area contributed by atoms with E-state index in [1.54, 1.807) is 0 Å². The molecule has 1 amide bonds. The lowest BCUT2D eigenvalue weighted by Crippen LogP contribution is -2.19. The van der Waals surface area contributed by atoms with Crippen LogP contribution in [-0.2, 0) is 4.79 Å². The molecule has 0 unspecified atom stereocenters. The summed E-state index contributed by atoms with van der Waals surface area (Å²) < 4.78 is 48.7. The summed E-state index contributed by atoms with van der Waals surface area (Å²) in [5.74, 6) is -1.26. The van der Waals surface area contributed by atoms with E-state index in [0.717, 1.165) is 6.07 Å². The van der Waals surface area contributed by atoms with Crippen LogP contribution in [0.2, 0.25) is 6.32 Å². The fraction of sp³-hybridized carbons (Fsp3) is 0.222. The van der Waals surface area contributed by atoms with Crippen LogP contribution in [0.4, 0.5) is 23.0 Å². The van der Waals surface area contributed by atoms with Gasteiger partial charge in [0.15, 0.2) is 0 Å². The molecule has 0 fully saturated rings. The van der Waals surface area contributed by atoms with Crippen molar-refractivity contribution in [1.82, 2.24) is 0 Å². The van der Waals surface area contributed by atoms with Gasteiger partial charge in [-0.2, -0.15) is 0 Å². The number of rotatable bonds is 4. The van der Waals surface area contributed by atoms with Crippen molar-refractivity contribution in [1.29, 1.82) is 0 Å². The predicted octanol–water partition coefficient (Wildman–Crippen LogP) is 3.76. The minimum Gasteiger partial charge on any atom is -0.449 e. The summed E-state index contributed by atoms with van der Waals surface area (Å²) in [6.07, 6.45) is -1.74. The highest BCUT2D eigenvalue weighted by Crippen LogP contribution is 2.21. The molecule has 1 aromatic carbocycles. The molecule has 1 rings (SSSR count). The van der Waals surface area contributed by atoms with Gasteiger partial charge in [0.05, 0.1) is 4.47 Å². The second kappa shape index (κ2) is 5.53. The highest BCUT2D eigenvalue weighted by Gasteiger charge is 2.23. The SMILES string of the molecule is O=C(CC[B-](F)(F)F)Nc1ccc(F)c(Br)c1. The Bertz CT molecular complexity index is 424. The molecule has 0 heterocycles. The third-order valence-electron chi connectivity index (χ3n) is 1.90. The molecule has 0 saturated carbocycles. The van der Waals surface area contributed by atoms with E-state index in [2.05, 4.69) is 21.2 Å². The van der Waals surface area contributed by atoms with Crippen LogP contribution in [0, 0.1) is 5.82 Å². The number of carbonyl (C=O) groups is 1. The molecule has 0 aromatic heterocycles. The zero-order valence-corrected chi connectivity index (χ0v) is 10.1. The van der Waals surface area contributed by atoms with Crippen molar-refractivity contribution in [3.8, 4) is 0 Å². The molecule has 0 aliphatic heterocycles. The topological polar surface area (TPSA) is 29.1 Å². The van der Waals surface area contributed by atoms with Gasteiger partial charge in [0, 0.05) is 12.1 Å². The van der Waals surface area contributed by atoms with Gasteiger partial charge in [0.2, 0.25) is 5.91 Å². The quantitative estimate of drug-likeness (QED) is 0.665. The van der Waals surface area contributed by atoms with Gasteiger partial charge in [-0.15, -0.1) is 0 Å². The third-order valence-corrected chi connectivity index (χ3v) is 2.51. The Morgan fingerprint density at radius 2 is 2.00 bits per heavy atom. The normalized spacial score (nSPS) is 11.4. The molecular formula is C9H8BBrF4NO-. The zero-order valence-electron chi connectivity index (χ0n) is 8.52. The van der Waals surface area contributed by atoms with Crippen molar-refractivity contribution in [2.45, 2.75) is 12.7 Å². The zero-order chi connectivity index (χ0) is 13.1. The number of nitrogens with one attached hydrogen (secondary N) is 1. The molecule has 0 aliphatic rings. The number of anilines is 1. The average Bonchev–Trinajstić information content (AvgIpc) is 2.20. The summed E-state index contributed by atoms with van der Waals surface area (Å²) in [5, 5.41) is 2.26. The van der Waals surface area contributed by atoms with Crippen molar-refractivity contribution in [2.75, 3.05) is 5.32 Å². The summed E-state index contributed by atoms with van der Waals surface area (Å²) in [5.41, 5.74) is 0.248. The fourth-order valence-electron chi connectivity index (χ4n) is 1.09. The van der Waals surface area contributed by atoms with Gasteiger partial charge in [0.1, 0.15) is 5.82 Å². The number of benzene rings is 1. The minimum atomic E-state index is -4.96. The highest BCUT2D eigenvalue weighted by atomic mass is 79.9. The summed E-state index contributed by atoms with van der Waals surface area (Å²) in [6.45, 7) is -4.96. The molecule has 94 valence electrons. The molecule has 2 nitrogen and oxygen atoms in total. The molecule has 17 heavy (non-hydrogen) atoms. The van der Waals surface area contributed by atoms with Gasteiger partial charge in [-0.25, -0.2) is 4.39 Å². The van der Waals surface area contributed by atoms with E-state index < -0.39 is 31.4 Å². The van der Waals surface area contributed by atoms with Crippen molar-refractivity contribution < 1.29 is 22.1 Å². The monoisotopic (exact) mass is 312 g/mol. The van der Waals surface area contributed by atoms with Gasteiger partial charge < -0.3 is 18.3 Å². The molecule has 0 atom stereocenters. The first-order valence-corrected chi connectivity index (χ1v) is 5.53. The Morgan fingerprint density at radius 3 is 2.53 bits per heavy atom. The Labute approximate surface area is 104 Å². The molecule has 0 aliphatic carbocycles. The Morgan fingerprint density at radius 1 is 1.35 bits per heavy atom. The molecule has 1 aromatic rings. The number of hydrogen-bond acceptors (Lipinski definition) is 1. The second-order valence-electron chi connectivity index (χ2n) is 3.43. The molecule has 0 bridgehead atoms. The summed E-state index contributed by atoms with van der Waals surface area (Å²) >= 11 is 2.90. The first kappa shape index (κ1) is 14.0. The van der Waals surface area contributed by atoms with Crippen LogP contribution in [0.25, 0.3) is 0 Å². The molecule has 0 radical (unpaired) electrons. The van der Waals surface area contributed by atoms with Crippen LogP contribution in [0.3, 0.4) is 0 Å². The smallest absolute Gasteiger partial charge is 0.449 e. The molecule has 0 spiro atoms. The Hall–Kier alpha value is -1.05. The van der Waals surface area contributed by atoms with Crippen LogP contribution in [0.1, 0.15) is 6.42 Å². The van der Waals surface area contributed by atoms with E-state index in [-0.39, 0.29) is 10.2 Å². The third kappa shape index (κ3) is 5.21. The Balaban J connectivity index is 2.54. The van der Waals surface area contributed by atoms with Crippen LogP contribution in [0.15, 0.2) is 22.7 Å². The maximum absolute atomic E-state index is 12.8.